The summed E-state index contributed by atoms with van der Waals surface area (Å²) in [5, 5.41) is 2.97. The maximum atomic E-state index is 12.4. The number of nitrogens with one attached hydrogen (secondary N) is 1. The molecule has 0 spiro atoms. The fourth-order valence-electron chi connectivity index (χ4n) is 3.10. The zero-order valence-electron chi connectivity index (χ0n) is 14.8. The Morgan fingerprint density at radius 3 is 3.12 bits per heavy atom. The van der Waals surface area contributed by atoms with Crippen LogP contribution in [0.25, 0.3) is 0 Å². The molecule has 1 N–H and O–H groups in total. The predicted molar refractivity (Wildman–Crippen MR) is 98.6 cm³/mol. The molecule has 1 aliphatic heterocycles. The Bertz CT molecular complexity index is 547. The van der Waals surface area contributed by atoms with Crippen LogP contribution in [-0.2, 0) is 0 Å². The van der Waals surface area contributed by atoms with E-state index in [1.54, 1.807) is 6.08 Å². The summed E-state index contributed by atoms with van der Waals surface area (Å²) >= 11 is 0. The third-order valence-corrected chi connectivity index (χ3v) is 4.20. The lowest BCUT2D eigenvalue weighted by Crippen LogP contribution is -2.34. The van der Waals surface area contributed by atoms with Gasteiger partial charge in [0.05, 0.1) is 0 Å². The number of hydrogen-bond acceptors (Lipinski definition) is 3. The highest BCUT2D eigenvalue weighted by Crippen LogP contribution is 2.21. The van der Waals surface area contributed by atoms with Crippen molar-refractivity contribution >= 4 is 11.7 Å². The van der Waals surface area contributed by atoms with Crippen LogP contribution in [0.4, 0.5) is 10.5 Å². The van der Waals surface area contributed by atoms with E-state index in [0.717, 1.165) is 50.5 Å². The van der Waals surface area contributed by atoms with Crippen molar-refractivity contribution in [3.63, 3.8) is 0 Å². The van der Waals surface area contributed by atoms with Crippen LogP contribution in [0.2, 0.25) is 0 Å². The number of anilines is 1. The molecule has 1 atom stereocenters. The van der Waals surface area contributed by atoms with Crippen molar-refractivity contribution in [1.82, 2.24) is 9.80 Å². The van der Waals surface area contributed by atoms with Crippen molar-refractivity contribution in [2.45, 2.75) is 19.8 Å². The molecular weight excluding hydrogens is 302 g/mol. The van der Waals surface area contributed by atoms with Gasteiger partial charge in [-0.15, -0.1) is 0 Å². The Morgan fingerprint density at radius 1 is 1.54 bits per heavy atom. The third kappa shape index (κ3) is 5.57. The van der Waals surface area contributed by atoms with E-state index in [9.17, 15) is 4.79 Å². The van der Waals surface area contributed by atoms with Crippen molar-refractivity contribution in [3.8, 4) is 5.75 Å². The fraction of sp³-hybridized carbons (Fsp3) is 0.526. The van der Waals surface area contributed by atoms with E-state index < -0.39 is 0 Å². The molecule has 0 radical (unpaired) electrons. The van der Waals surface area contributed by atoms with Crippen LogP contribution in [0.3, 0.4) is 0 Å². The molecule has 5 nitrogen and oxygen atoms in total. The van der Waals surface area contributed by atoms with Gasteiger partial charge >= 0.3 is 6.03 Å². The number of nitrogens with zero attached hydrogens (tertiary/aromatic N) is 2. The normalized spacial score (nSPS) is 17.1. The van der Waals surface area contributed by atoms with Gasteiger partial charge in [0, 0.05) is 31.4 Å². The molecule has 5 heteroatoms. The molecule has 2 amide bonds. The summed E-state index contributed by atoms with van der Waals surface area (Å²) in [5.74, 6) is 1.29. The molecule has 0 aromatic heterocycles. The molecule has 2 rings (SSSR count). The van der Waals surface area contributed by atoms with Gasteiger partial charge in [-0.1, -0.05) is 25.6 Å². The molecule has 1 saturated heterocycles. The Morgan fingerprint density at radius 2 is 2.38 bits per heavy atom. The maximum absolute atomic E-state index is 12.4. The van der Waals surface area contributed by atoms with Crippen LogP contribution in [-0.4, -0.2) is 55.7 Å². The predicted octanol–water partition coefficient (Wildman–Crippen LogP) is 3.45. The smallest absolute Gasteiger partial charge is 0.321 e. The second kappa shape index (κ2) is 9.33. The lowest BCUT2D eigenvalue weighted by molar-refractivity contribution is 0.217. The second-order valence-corrected chi connectivity index (χ2v) is 6.42. The lowest BCUT2D eigenvalue weighted by Gasteiger charge is -2.21. The Balaban J connectivity index is 1.83. The fourth-order valence-corrected chi connectivity index (χ4v) is 3.10. The van der Waals surface area contributed by atoms with Gasteiger partial charge in [-0.2, -0.15) is 0 Å². The Hall–Kier alpha value is -2.01. The van der Waals surface area contributed by atoms with E-state index >= 15 is 0 Å². The number of hydrogen-bond donors (Lipinski definition) is 1. The van der Waals surface area contributed by atoms with E-state index in [-0.39, 0.29) is 6.03 Å². The zero-order chi connectivity index (χ0) is 17.4. The minimum Gasteiger partial charge on any atom is -0.489 e. The highest BCUT2D eigenvalue weighted by molar-refractivity contribution is 5.89. The standard InChI is InChI=1S/C19H29N3O2/c1-4-10-21(3)14-16-9-11-22(15-16)19(23)20-17-7-6-8-18(13-17)24-12-5-2/h5-8,13,16H,2,4,9-12,14-15H2,1,3H3,(H,20,23)/t16-/m1/s1. The van der Waals surface area contributed by atoms with E-state index in [2.05, 4.69) is 30.8 Å². The quantitative estimate of drug-likeness (QED) is 0.742. The number of likely N-dealkylation sites (tertiary alicyclic amines) is 1. The van der Waals surface area contributed by atoms with Crippen molar-refractivity contribution in [2.75, 3.05) is 45.2 Å². The summed E-state index contributed by atoms with van der Waals surface area (Å²) in [7, 11) is 2.15. The second-order valence-electron chi connectivity index (χ2n) is 6.42. The SMILES string of the molecule is C=CCOc1cccc(NC(=O)N2CC[C@H](CN(C)CCC)C2)c1. The number of urea groups is 1. The summed E-state index contributed by atoms with van der Waals surface area (Å²) < 4.78 is 5.50. The molecule has 0 unspecified atom stereocenters. The molecule has 1 aliphatic rings. The molecule has 0 aliphatic carbocycles. The monoisotopic (exact) mass is 331 g/mol. The minimum atomic E-state index is -0.0310. The number of benzene rings is 1. The topological polar surface area (TPSA) is 44.8 Å². The number of carbonyl (C=O) groups excluding carboxylic acids is 1. The minimum absolute atomic E-state index is 0.0310. The molecule has 1 aromatic rings. The van der Waals surface area contributed by atoms with Crippen LogP contribution < -0.4 is 10.1 Å². The van der Waals surface area contributed by atoms with Gasteiger partial charge in [0.2, 0.25) is 0 Å². The Kier molecular flexibility index (Phi) is 7.12. The molecule has 24 heavy (non-hydrogen) atoms. The van der Waals surface area contributed by atoms with E-state index in [0.29, 0.717) is 12.5 Å². The Labute approximate surface area is 145 Å². The summed E-state index contributed by atoms with van der Waals surface area (Å²) in [4.78, 5) is 16.7. The average molecular weight is 331 g/mol. The summed E-state index contributed by atoms with van der Waals surface area (Å²) in [5.41, 5.74) is 0.758. The maximum Gasteiger partial charge on any atom is 0.321 e. The largest absolute Gasteiger partial charge is 0.489 e. The van der Waals surface area contributed by atoms with E-state index in [1.165, 1.54) is 0 Å². The summed E-state index contributed by atoms with van der Waals surface area (Å²) in [6.07, 6.45) is 3.94. The first kappa shape index (κ1) is 18.3. The van der Waals surface area contributed by atoms with Gasteiger partial charge in [-0.05, 0) is 44.5 Å². The van der Waals surface area contributed by atoms with Crippen LogP contribution in [0, 0.1) is 5.92 Å². The first-order chi connectivity index (χ1) is 11.6. The van der Waals surface area contributed by atoms with Gasteiger partial charge in [0.1, 0.15) is 12.4 Å². The lowest BCUT2D eigenvalue weighted by atomic mass is 10.1. The van der Waals surface area contributed by atoms with E-state index in [4.69, 9.17) is 4.74 Å². The first-order valence-electron chi connectivity index (χ1n) is 8.70. The highest BCUT2D eigenvalue weighted by Gasteiger charge is 2.26. The van der Waals surface area contributed by atoms with E-state index in [1.807, 2.05) is 29.2 Å². The third-order valence-electron chi connectivity index (χ3n) is 4.20. The molecule has 132 valence electrons. The molecule has 0 saturated carbocycles. The summed E-state index contributed by atoms with van der Waals surface area (Å²) in [6, 6.07) is 7.43. The van der Waals surface area contributed by atoms with Crippen LogP contribution in [0.5, 0.6) is 5.75 Å². The van der Waals surface area contributed by atoms with Crippen molar-refractivity contribution in [1.29, 1.82) is 0 Å². The zero-order valence-corrected chi connectivity index (χ0v) is 14.8. The summed E-state index contributed by atoms with van der Waals surface area (Å²) in [6.45, 7) is 10.1. The molecule has 1 aromatic carbocycles. The van der Waals surface area contributed by atoms with Crippen molar-refractivity contribution < 1.29 is 9.53 Å². The highest BCUT2D eigenvalue weighted by atomic mass is 16.5. The van der Waals surface area contributed by atoms with Gasteiger partial charge in [0.15, 0.2) is 0 Å². The number of amides is 2. The van der Waals surface area contributed by atoms with Gasteiger partial charge in [-0.25, -0.2) is 4.79 Å². The van der Waals surface area contributed by atoms with Gasteiger partial charge in [-0.3, -0.25) is 0 Å². The molecule has 1 fully saturated rings. The van der Waals surface area contributed by atoms with Crippen molar-refractivity contribution in [2.24, 2.45) is 5.92 Å². The van der Waals surface area contributed by atoms with Crippen LogP contribution in [0.15, 0.2) is 36.9 Å². The molecular formula is C19H29N3O2. The van der Waals surface area contributed by atoms with Gasteiger partial charge < -0.3 is 19.9 Å². The number of ether oxygens (including phenoxy) is 1. The molecule has 0 bridgehead atoms. The van der Waals surface area contributed by atoms with Crippen LogP contribution in [0.1, 0.15) is 19.8 Å². The van der Waals surface area contributed by atoms with Crippen molar-refractivity contribution in [3.05, 3.63) is 36.9 Å². The van der Waals surface area contributed by atoms with Crippen LogP contribution >= 0.6 is 0 Å². The number of carbonyl (C=O) groups is 1. The first-order valence-corrected chi connectivity index (χ1v) is 8.70. The van der Waals surface area contributed by atoms with Gasteiger partial charge in [0.25, 0.3) is 0 Å². The number of rotatable bonds is 8. The average Bonchev–Trinajstić information content (AvgIpc) is 3.02. The molecule has 1 heterocycles.